The molecule has 19 heavy (non-hydrogen) atoms. The van der Waals surface area contributed by atoms with Crippen LogP contribution >= 0.6 is 15.9 Å². The fourth-order valence-corrected chi connectivity index (χ4v) is 1.82. The minimum atomic E-state index is -0.276. The summed E-state index contributed by atoms with van der Waals surface area (Å²) in [5, 5.41) is 0. The fraction of sp³-hybridized carbons (Fsp3) is 0.250. The predicted molar refractivity (Wildman–Crippen MR) is 73.1 cm³/mol. The van der Waals surface area contributed by atoms with E-state index >= 15 is 0 Å². The molecule has 0 aliphatic carbocycles. The maximum atomic E-state index is 11.8. The summed E-state index contributed by atoms with van der Waals surface area (Å²) < 4.78 is 10.4. The summed E-state index contributed by atoms with van der Waals surface area (Å²) >= 11 is 3.18. The van der Waals surface area contributed by atoms with Crippen LogP contribution in [0.2, 0.25) is 0 Å². The van der Waals surface area contributed by atoms with Crippen molar-refractivity contribution in [3.63, 3.8) is 0 Å². The number of ether oxygens (including phenoxy) is 2. The fourth-order valence-electron chi connectivity index (χ4n) is 1.52. The van der Waals surface area contributed by atoms with Gasteiger partial charge in [0, 0.05) is 13.2 Å². The summed E-state index contributed by atoms with van der Waals surface area (Å²) in [5.74, 6) is 0.829. The SMILES string of the molecule is COCc1nc(-c2cccc(OC)n2)[nH]c(=O)c1Br. The first-order valence-electron chi connectivity index (χ1n) is 5.44. The number of aromatic nitrogens is 3. The maximum absolute atomic E-state index is 11.8. The summed E-state index contributed by atoms with van der Waals surface area (Å²) in [4.78, 5) is 23.0. The van der Waals surface area contributed by atoms with Crippen molar-refractivity contribution in [1.82, 2.24) is 15.0 Å². The molecule has 0 bridgehead atoms. The first kappa shape index (κ1) is 13.7. The topological polar surface area (TPSA) is 77.1 Å². The number of methoxy groups -OCH3 is 2. The molecular formula is C12H12BrN3O3. The van der Waals surface area contributed by atoms with Crippen LogP contribution in [-0.4, -0.2) is 29.2 Å². The monoisotopic (exact) mass is 325 g/mol. The molecule has 100 valence electrons. The third kappa shape index (κ3) is 2.99. The highest BCUT2D eigenvalue weighted by atomic mass is 79.9. The van der Waals surface area contributed by atoms with Crippen molar-refractivity contribution in [3.05, 3.63) is 38.7 Å². The summed E-state index contributed by atoms with van der Waals surface area (Å²) in [6.07, 6.45) is 0. The Balaban J connectivity index is 2.52. The van der Waals surface area contributed by atoms with E-state index in [-0.39, 0.29) is 12.2 Å². The van der Waals surface area contributed by atoms with Gasteiger partial charge in [0.25, 0.3) is 5.56 Å². The molecule has 2 aromatic rings. The van der Waals surface area contributed by atoms with Crippen LogP contribution in [0, 0.1) is 0 Å². The Hall–Kier alpha value is -1.73. The zero-order chi connectivity index (χ0) is 13.8. The summed E-state index contributed by atoms with van der Waals surface area (Å²) in [5.41, 5.74) is 0.772. The van der Waals surface area contributed by atoms with E-state index in [1.807, 2.05) is 0 Å². The number of hydrogen-bond donors (Lipinski definition) is 1. The Morgan fingerprint density at radius 1 is 1.32 bits per heavy atom. The molecule has 0 saturated heterocycles. The van der Waals surface area contributed by atoms with Crippen LogP contribution in [-0.2, 0) is 11.3 Å². The van der Waals surface area contributed by atoms with Crippen molar-refractivity contribution in [2.75, 3.05) is 14.2 Å². The third-order valence-electron chi connectivity index (χ3n) is 2.39. The van der Waals surface area contributed by atoms with E-state index in [2.05, 4.69) is 30.9 Å². The first-order chi connectivity index (χ1) is 9.15. The van der Waals surface area contributed by atoms with E-state index in [0.717, 1.165) is 0 Å². The quantitative estimate of drug-likeness (QED) is 0.926. The highest BCUT2D eigenvalue weighted by Crippen LogP contribution is 2.18. The number of nitrogens with zero attached hydrogens (tertiary/aromatic N) is 2. The van der Waals surface area contributed by atoms with Gasteiger partial charge in [-0.05, 0) is 22.0 Å². The van der Waals surface area contributed by atoms with Gasteiger partial charge in [-0.3, -0.25) is 4.79 Å². The predicted octanol–water partition coefficient (Wildman–Crippen LogP) is 1.75. The van der Waals surface area contributed by atoms with Crippen molar-refractivity contribution in [2.45, 2.75) is 6.61 Å². The minimum Gasteiger partial charge on any atom is -0.481 e. The van der Waals surface area contributed by atoms with E-state index in [1.54, 1.807) is 25.3 Å². The van der Waals surface area contributed by atoms with Gasteiger partial charge in [-0.1, -0.05) is 6.07 Å². The van der Waals surface area contributed by atoms with Gasteiger partial charge in [-0.2, -0.15) is 0 Å². The molecule has 2 rings (SSSR count). The van der Waals surface area contributed by atoms with Crippen molar-refractivity contribution in [3.8, 4) is 17.4 Å². The molecule has 1 N–H and O–H groups in total. The number of pyridine rings is 1. The number of rotatable bonds is 4. The van der Waals surface area contributed by atoms with Crippen molar-refractivity contribution < 1.29 is 9.47 Å². The van der Waals surface area contributed by atoms with Crippen molar-refractivity contribution >= 4 is 15.9 Å². The van der Waals surface area contributed by atoms with E-state index in [4.69, 9.17) is 9.47 Å². The zero-order valence-corrected chi connectivity index (χ0v) is 12.0. The van der Waals surface area contributed by atoms with Gasteiger partial charge in [-0.15, -0.1) is 0 Å². The van der Waals surface area contributed by atoms with Crippen LogP contribution < -0.4 is 10.3 Å². The van der Waals surface area contributed by atoms with E-state index in [1.165, 1.54) is 7.11 Å². The molecule has 0 unspecified atom stereocenters. The van der Waals surface area contributed by atoms with Gasteiger partial charge in [0.05, 0.1) is 19.4 Å². The van der Waals surface area contributed by atoms with Gasteiger partial charge in [0.1, 0.15) is 10.2 Å². The Morgan fingerprint density at radius 3 is 2.79 bits per heavy atom. The average Bonchev–Trinajstić information content (AvgIpc) is 2.44. The molecule has 0 fully saturated rings. The molecule has 0 saturated carbocycles. The first-order valence-corrected chi connectivity index (χ1v) is 6.24. The number of nitrogens with one attached hydrogen (secondary N) is 1. The number of halogens is 1. The number of H-pyrrole nitrogens is 1. The van der Waals surface area contributed by atoms with Crippen LogP contribution in [0.25, 0.3) is 11.5 Å². The highest BCUT2D eigenvalue weighted by Gasteiger charge is 2.11. The lowest BCUT2D eigenvalue weighted by molar-refractivity contribution is 0.180. The lowest BCUT2D eigenvalue weighted by atomic mass is 10.3. The molecule has 0 aliphatic heterocycles. The second kappa shape index (κ2) is 5.94. The normalized spacial score (nSPS) is 10.5. The van der Waals surface area contributed by atoms with Crippen molar-refractivity contribution in [2.24, 2.45) is 0 Å². The van der Waals surface area contributed by atoms with Crippen LogP contribution in [0.5, 0.6) is 5.88 Å². The van der Waals surface area contributed by atoms with E-state index in [9.17, 15) is 4.79 Å². The molecule has 6 nitrogen and oxygen atoms in total. The van der Waals surface area contributed by atoms with Crippen LogP contribution in [0.1, 0.15) is 5.69 Å². The molecular weight excluding hydrogens is 314 g/mol. The molecule has 0 radical (unpaired) electrons. The summed E-state index contributed by atoms with van der Waals surface area (Å²) in [6.45, 7) is 0.238. The van der Waals surface area contributed by atoms with Gasteiger partial charge in [-0.25, -0.2) is 9.97 Å². The van der Waals surface area contributed by atoms with Gasteiger partial charge in [0.15, 0.2) is 5.82 Å². The smallest absolute Gasteiger partial charge is 0.265 e. The van der Waals surface area contributed by atoms with Crippen LogP contribution in [0.4, 0.5) is 0 Å². The van der Waals surface area contributed by atoms with Crippen LogP contribution in [0.15, 0.2) is 27.5 Å². The molecule has 0 aliphatic rings. The minimum absolute atomic E-state index is 0.238. The molecule has 7 heteroatoms. The second-order valence-electron chi connectivity index (χ2n) is 3.67. The largest absolute Gasteiger partial charge is 0.481 e. The Labute approximate surface area is 117 Å². The Kier molecular flexibility index (Phi) is 4.28. The molecule has 2 aromatic heterocycles. The maximum Gasteiger partial charge on any atom is 0.265 e. The van der Waals surface area contributed by atoms with E-state index in [0.29, 0.717) is 27.6 Å². The average molecular weight is 326 g/mol. The highest BCUT2D eigenvalue weighted by molar-refractivity contribution is 9.10. The lowest BCUT2D eigenvalue weighted by Crippen LogP contribution is -2.14. The standard InChI is InChI=1S/C12H12BrN3O3/c1-18-6-8-10(13)12(17)16-11(15-8)7-4-3-5-9(14-7)19-2/h3-5H,6H2,1-2H3,(H,15,16,17). The van der Waals surface area contributed by atoms with Crippen LogP contribution in [0.3, 0.4) is 0 Å². The molecule has 0 aromatic carbocycles. The van der Waals surface area contributed by atoms with Gasteiger partial charge in [0.2, 0.25) is 5.88 Å². The summed E-state index contributed by atoms with van der Waals surface area (Å²) in [6, 6.07) is 5.24. The number of hydrogen-bond acceptors (Lipinski definition) is 5. The van der Waals surface area contributed by atoms with Crippen molar-refractivity contribution in [1.29, 1.82) is 0 Å². The number of aromatic amines is 1. The van der Waals surface area contributed by atoms with E-state index < -0.39 is 0 Å². The lowest BCUT2D eigenvalue weighted by Gasteiger charge is -2.06. The van der Waals surface area contributed by atoms with Gasteiger partial charge >= 0.3 is 0 Å². The molecule has 0 spiro atoms. The molecule has 2 heterocycles. The molecule has 0 atom stereocenters. The Bertz CT molecular complexity index is 642. The Morgan fingerprint density at radius 2 is 2.11 bits per heavy atom. The zero-order valence-electron chi connectivity index (χ0n) is 10.4. The third-order valence-corrected chi connectivity index (χ3v) is 3.21. The summed E-state index contributed by atoms with van der Waals surface area (Å²) in [7, 11) is 3.07. The molecule has 0 amide bonds. The van der Waals surface area contributed by atoms with Gasteiger partial charge < -0.3 is 14.5 Å². The second-order valence-corrected chi connectivity index (χ2v) is 4.47.